The van der Waals surface area contributed by atoms with E-state index in [2.05, 4.69) is 5.32 Å². The molecule has 18 heavy (non-hydrogen) atoms. The van der Waals surface area contributed by atoms with Crippen LogP contribution in [0.5, 0.6) is 11.5 Å². The van der Waals surface area contributed by atoms with Gasteiger partial charge < -0.3 is 19.9 Å². The summed E-state index contributed by atoms with van der Waals surface area (Å²) in [4.78, 5) is 10.6. The fourth-order valence-electron chi connectivity index (χ4n) is 1.36. The molecule has 0 amide bonds. The third-order valence-corrected chi connectivity index (χ3v) is 2.44. The molecule has 0 aliphatic rings. The summed E-state index contributed by atoms with van der Waals surface area (Å²) in [6.45, 7) is 1.99. The molecule has 0 spiro atoms. The molecule has 0 atom stereocenters. The van der Waals surface area contributed by atoms with E-state index in [-0.39, 0.29) is 0 Å². The van der Waals surface area contributed by atoms with E-state index in [0.29, 0.717) is 23.6 Å². The molecule has 0 heterocycles. The number of hydrogen-bond donors (Lipinski definition) is 2. The second-order valence-electron chi connectivity index (χ2n) is 3.64. The number of carboxylic acid groups (broad SMARTS) is 1. The molecule has 1 rings (SSSR count). The molecule has 0 bridgehead atoms. The van der Waals surface area contributed by atoms with Crippen molar-refractivity contribution in [2.24, 2.45) is 0 Å². The summed E-state index contributed by atoms with van der Waals surface area (Å²) in [5.74, 6) is 0.367. The van der Waals surface area contributed by atoms with Crippen molar-refractivity contribution in [3.8, 4) is 11.5 Å². The average Bonchev–Trinajstić information content (AvgIpc) is 2.38. The van der Waals surface area contributed by atoms with E-state index < -0.39 is 5.97 Å². The Morgan fingerprint density at radius 2 is 2.00 bits per heavy atom. The van der Waals surface area contributed by atoms with Crippen molar-refractivity contribution in [1.82, 2.24) is 0 Å². The number of anilines is 1. The molecule has 0 saturated carbocycles. The van der Waals surface area contributed by atoms with Gasteiger partial charge in [0.1, 0.15) is 0 Å². The van der Waals surface area contributed by atoms with Crippen LogP contribution >= 0.6 is 0 Å². The number of nitrogens with one attached hydrogen (secondary N) is 1. The fraction of sp³-hybridized carbons (Fsp3) is 0.308. The topological polar surface area (TPSA) is 67.8 Å². The van der Waals surface area contributed by atoms with Gasteiger partial charge in [-0.25, -0.2) is 4.79 Å². The van der Waals surface area contributed by atoms with Crippen LogP contribution in [0.25, 0.3) is 0 Å². The molecule has 98 valence electrons. The van der Waals surface area contributed by atoms with Crippen LogP contribution in [0.2, 0.25) is 0 Å². The third kappa shape index (κ3) is 3.69. The van der Waals surface area contributed by atoms with Crippen LogP contribution in [0.4, 0.5) is 5.69 Å². The van der Waals surface area contributed by atoms with E-state index in [1.807, 2.05) is 6.07 Å². The van der Waals surface area contributed by atoms with Crippen molar-refractivity contribution in [1.29, 1.82) is 0 Å². The summed E-state index contributed by atoms with van der Waals surface area (Å²) in [5.41, 5.74) is 1.14. The van der Waals surface area contributed by atoms with Crippen LogP contribution in [0.15, 0.2) is 29.8 Å². The van der Waals surface area contributed by atoms with Crippen LogP contribution in [0.1, 0.15) is 6.92 Å². The Morgan fingerprint density at radius 3 is 2.56 bits per heavy atom. The smallest absolute Gasteiger partial charge is 0.331 e. The van der Waals surface area contributed by atoms with E-state index >= 15 is 0 Å². The highest BCUT2D eigenvalue weighted by Gasteiger charge is 2.04. The van der Waals surface area contributed by atoms with Crippen LogP contribution in [-0.2, 0) is 4.79 Å². The second kappa shape index (κ2) is 6.54. The highest BCUT2D eigenvalue weighted by molar-refractivity contribution is 5.85. The monoisotopic (exact) mass is 251 g/mol. The Morgan fingerprint density at radius 1 is 1.33 bits per heavy atom. The number of hydrogen-bond acceptors (Lipinski definition) is 4. The van der Waals surface area contributed by atoms with Crippen molar-refractivity contribution < 1.29 is 19.4 Å². The van der Waals surface area contributed by atoms with Gasteiger partial charge in [-0.1, -0.05) is 6.08 Å². The standard InChI is InChI=1S/C13H17NO4/c1-9(13(15)16)6-7-14-10-4-5-11(17-2)12(8-10)18-3/h4-6,8,14H,7H2,1-3H3,(H,15,16)/b9-6-. The lowest BCUT2D eigenvalue weighted by Gasteiger charge is -2.10. The molecule has 2 N–H and O–H groups in total. The van der Waals surface area contributed by atoms with Crippen molar-refractivity contribution in [3.05, 3.63) is 29.8 Å². The number of benzene rings is 1. The highest BCUT2D eigenvalue weighted by atomic mass is 16.5. The Hall–Kier alpha value is -2.17. The van der Waals surface area contributed by atoms with Gasteiger partial charge in [0, 0.05) is 23.9 Å². The van der Waals surface area contributed by atoms with E-state index in [1.54, 1.807) is 39.4 Å². The number of ether oxygens (including phenoxy) is 2. The minimum atomic E-state index is -0.913. The number of methoxy groups -OCH3 is 2. The molecule has 5 heteroatoms. The summed E-state index contributed by atoms with van der Waals surface area (Å²) in [5, 5.41) is 11.8. The van der Waals surface area contributed by atoms with Gasteiger partial charge in [0.15, 0.2) is 11.5 Å². The number of rotatable bonds is 6. The minimum Gasteiger partial charge on any atom is -0.493 e. The van der Waals surface area contributed by atoms with Crippen molar-refractivity contribution in [2.45, 2.75) is 6.92 Å². The molecule has 5 nitrogen and oxygen atoms in total. The van der Waals surface area contributed by atoms with E-state index in [0.717, 1.165) is 5.69 Å². The van der Waals surface area contributed by atoms with E-state index in [4.69, 9.17) is 14.6 Å². The molecule has 0 aromatic heterocycles. The maximum absolute atomic E-state index is 10.6. The first-order valence-electron chi connectivity index (χ1n) is 5.44. The molecule has 0 aliphatic carbocycles. The number of aliphatic carboxylic acids is 1. The number of carbonyl (C=O) groups is 1. The normalized spacial score (nSPS) is 10.9. The van der Waals surface area contributed by atoms with E-state index in [9.17, 15) is 4.79 Å². The molecule has 0 fully saturated rings. The van der Waals surface area contributed by atoms with Gasteiger partial charge in [0.2, 0.25) is 0 Å². The number of carboxylic acids is 1. The SMILES string of the molecule is COc1ccc(NC/C=C(/C)C(=O)O)cc1OC. The Kier molecular flexibility index (Phi) is 5.05. The summed E-state index contributed by atoms with van der Waals surface area (Å²) in [6, 6.07) is 5.42. The predicted molar refractivity (Wildman–Crippen MR) is 69.4 cm³/mol. The van der Waals surface area contributed by atoms with Crippen molar-refractivity contribution in [3.63, 3.8) is 0 Å². The quantitative estimate of drug-likeness (QED) is 0.758. The van der Waals surface area contributed by atoms with Crippen LogP contribution in [0.3, 0.4) is 0 Å². The highest BCUT2D eigenvalue weighted by Crippen LogP contribution is 2.29. The lowest BCUT2D eigenvalue weighted by molar-refractivity contribution is -0.132. The summed E-state index contributed by atoms with van der Waals surface area (Å²) in [7, 11) is 3.14. The maximum Gasteiger partial charge on any atom is 0.331 e. The van der Waals surface area contributed by atoms with E-state index in [1.165, 1.54) is 0 Å². The van der Waals surface area contributed by atoms with Crippen LogP contribution in [0, 0.1) is 0 Å². The first-order valence-corrected chi connectivity index (χ1v) is 5.44. The van der Waals surface area contributed by atoms with Gasteiger partial charge in [-0.3, -0.25) is 0 Å². The lowest BCUT2D eigenvalue weighted by Crippen LogP contribution is -2.03. The molecule has 1 aromatic rings. The second-order valence-corrected chi connectivity index (χ2v) is 3.64. The van der Waals surface area contributed by atoms with Crippen LogP contribution < -0.4 is 14.8 Å². The molecule has 1 aromatic carbocycles. The zero-order chi connectivity index (χ0) is 13.5. The Labute approximate surface area is 106 Å². The molecular weight excluding hydrogens is 234 g/mol. The fourth-order valence-corrected chi connectivity index (χ4v) is 1.36. The first kappa shape index (κ1) is 13.9. The molecule has 0 aliphatic heterocycles. The summed E-state index contributed by atoms with van der Waals surface area (Å²) < 4.78 is 10.3. The molecule has 0 saturated heterocycles. The average molecular weight is 251 g/mol. The van der Waals surface area contributed by atoms with Gasteiger partial charge in [-0.05, 0) is 19.1 Å². The molecular formula is C13H17NO4. The summed E-state index contributed by atoms with van der Waals surface area (Å²) >= 11 is 0. The largest absolute Gasteiger partial charge is 0.493 e. The third-order valence-electron chi connectivity index (χ3n) is 2.44. The van der Waals surface area contributed by atoms with Gasteiger partial charge in [0.05, 0.1) is 14.2 Å². The molecule has 0 radical (unpaired) electrons. The predicted octanol–water partition coefficient (Wildman–Crippen LogP) is 2.15. The van der Waals surface area contributed by atoms with Gasteiger partial charge in [0.25, 0.3) is 0 Å². The Bertz CT molecular complexity index is 454. The van der Waals surface area contributed by atoms with Crippen molar-refractivity contribution in [2.75, 3.05) is 26.1 Å². The Balaban J connectivity index is 2.69. The molecule has 0 unspecified atom stereocenters. The van der Waals surface area contributed by atoms with Crippen LogP contribution in [-0.4, -0.2) is 31.8 Å². The van der Waals surface area contributed by atoms with Gasteiger partial charge in [-0.2, -0.15) is 0 Å². The zero-order valence-corrected chi connectivity index (χ0v) is 10.7. The zero-order valence-electron chi connectivity index (χ0n) is 10.7. The minimum absolute atomic E-state index is 0.308. The maximum atomic E-state index is 10.6. The van der Waals surface area contributed by atoms with Crippen molar-refractivity contribution >= 4 is 11.7 Å². The van der Waals surface area contributed by atoms with Gasteiger partial charge in [-0.15, -0.1) is 0 Å². The van der Waals surface area contributed by atoms with Gasteiger partial charge >= 0.3 is 5.97 Å². The first-order chi connectivity index (χ1) is 8.58. The summed E-state index contributed by atoms with van der Waals surface area (Å²) in [6.07, 6.45) is 1.61. The lowest BCUT2D eigenvalue weighted by atomic mass is 10.2.